The van der Waals surface area contributed by atoms with Gasteiger partial charge in [-0.2, -0.15) is 0 Å². The summed E-state index contributed by atoms with van der Waals surface area (Å²) >= 11 is 0. The van der Waals surface area contributed by atoms with Crippen LogP contribution in [0.5, 0.6) is 0 Å². The normalized spacial score (nSPS) is 14.3. The summed E-state index contributed by atoms with van der Waals surface area (Å²) in [5.41, 5.74) is 9.50. The van der Waals surface area contributed by atoms with Crippen molar-refractivity contribution in [3.63, 3.8) is 0 Å². The molecule has 1 aliphatic rings. The maximum absolute atomic E-state index is 11.7. The van der Waals surface area contributed by atoms with Crippen LogP contribution in [-0.4, -0.2) is 110 Å². The van der Waals surface area contributed by atoms with Gasteiger partial charge in [-0.1, -0.05) is 24.3 Å². The van der Waals surface area contributed by atoms with Gasteiger partial charge in [0.25, 0.3) is 0 Å². The van der Waals surface area contributed by atoms with E-state index in [1.165, 1.54) is 0 Å². The van der Waals surface area contributed by atoms with E-state index in [2.05, 4.69) is 43.0 Å². The van der Waals surface area contributed by atoms with Gasteiger partial charge < -0.3 is 40.9 Å². The molecule has 224 valence electrons. The van der Waals surface area contributed by atoms with Crippen LogP contribution < -0.4 is 15.5 Å². The fourth-order valence-corrected chi connectivity index (χ4v) is 4.11. The molecular weight excluding hydrogens is 546 g/mol. The average Bonchev–Trinajstić information content (AvgIpc) is 3.00. The van der Waals surface area contributed by atoms with E-state index in [0.29, 0.717) is 6.54 Å². The Morgan fingerprint density at radius 3 is 2.02 bits per heavy atom. The van der Waals surface area contributed by atoms with E-state index in [1.54, 1.807) is 11.9 Å². The van der Waals surface area contributed by atoms with Gasteiger partial charge in [-0.25, -0.2) is 24.5 Å². The van der Waals surface area contributed by atoms with Crippen molar-refractivity contribution in [1.29, 1.82) is 0 Å². The molecule has 3 heterocycles. The summed E-state index contributed by atoms with van der Waals surface area (Å²) in [6.07, 6.45) is -0.801. The number of amides is 1. The number of likely N-dealkylation sites (N-methyl/N-ethyl adjacent to an activating group) is 1. The lowest BCUT2D eigenvalue weighted by molar-refractivity contribution is -0.165. The number of anilines is 2. The monoisotopic (exact) mass is 581 g/mol. The van der Waals surface area contributed by atoms with E-state index in [9.17, 15) is 14.4 Å². The quantitative estimate of drug-likeness (QED) is 0.225. The molecule has 1 saturated heterocycles. The number of hydrogen-bond acceptors (Lipinski definition) is 11. The molecular formula is C28H35N7O7. The number of nitrogens with two attached hydrogens (primary N) is 1. The second-order valence-electron chi connectivity index (χ2n) is 9.60. The first-order valence-corrected chi connectivity index (χ1v) is 13.1. The summed E-state index contributed by atoms with van der Waals surface area (Å²) in [7, 11) is 1.76. The smallest absolute Gasteiger partial charge is 0.335 e. The lowest BCUT2D eigenvalue weighted by Crippen LogP contribution is -2.47. The summed E-state index contributed by atoms with van der Waals surface area (Å²) in [6.45, 7) is 6.03. The summed E-state index contributed by atoms with van der Waals surface area (Å²) in [6, 6.07) is 14.2. The minimum absolute atomic E-state index is 0.0151. The first-order valence-electron chi connectivity index (χ1n) is 13.1. The van der Waals surface area contributed by atoms with E-state index < -0.39 is 24.1 Å². The third-order valence-corrected chi connectivity index (χ3v) is 6.48. The van der Waals surface area contributed by atoms with Crippen molar-refractivity contribution in [1.82, 2.24) is 19.9 Å². The van der Waals surface area contributed by atoms with Crippen LogP contribution in [0.2, 0.25) is 0 Å². The first-order chi connectivity index (χ1) is 20.0. The lowest BCUT2D eigenvalue weighted by atomic mass is 10.1. The van der Waals surface area contributed by atoms with Crippen molar-refractivity contribution in [2.75, 3.05) is 49.6 Å². The zero-order valence-electron chi connectivity index (χ0n) is 23.4. The zero-order chi connectivity index (χ0) is 30.8. The first kappa shape index (κ1) is 31.9. The predicted octanol–water partition coefficient (Wildman–Crippen LogP) is -0.0319. The van der Waals surface area contributed by atoms with Crippen molar-refractivity contribution < 1.29 is 34.8 Å². The van der Waals surface area contributed by atoms with Crippen LogP contribution in [0, 0.1) is 6.92 Å². The van der Waals surface area contributed by atoms with Crippen LogP contribution in [0.3, 0.4) is 0 Å². The Kier molecular flexibility index (Phi) is 11.2. The number of carbonyl (C=O) groups is 3. The standard InChI is InChI=1S/C24H29N7O.C4H6O6/c1-18-5-3-8-22(28-18)30-9-11-31(12-10-30)24-26-15-21(16-27-24)20-7-4-6-19(13-20)17-29(2)23(32)14-25;5-1(3(7)8)2(6)4(9)10/h3-8,13,15-16H,9-12,14,17,25H2,1-2H3;1-2,5-6H,(H,7,8)(H,9,10)/t;1-,2-/m.1/s1. The molecule has 0 bridgehead atoms. The van der Waals surface area contributed by atoms with Crippen molar-refractivity contribution in [3.05, 3.63) is 66.1 Å². The number of aliphatic hydroxyl groups excluding tert-OH is 2. The van der Waals surface area contributed by atoms with E-state index in [0.717, 1.165) is 60.3 Å². The number of nitrogens with zero attached hydrogens (tertiary/aromatic N) is 6. The molecule has 42 heavy (non-hydrogen) atoms. The minimum Gasteiger partial charge on any atom is -0.479 e. The molecule has 1 fully saturated rings. The van der Waals surface area contributed by atoms with E-state index >= 15 is 0 Å². The van der Waals surface area contributed by atoms with Crippen molar-refractivity contribution in [2.45, 2.75) is 25.7 Å². The van der Waals surface area contributed by atoms with Crippen molar-refractivity contribution in [3.8, 4) is 11.1 Å². The number of aliphatic hydroxyl groups is 2. The van der Waals surface area contributed by atoms with Crippen LogP contribution in [0.1, 0.15) is 11.3 Å². The number of hydrogen-bond donors (Lipinski definition) is 5. The highest BCUT2D eigenvalue weighted by Gasteiger charge is 2.29. The molecule has 14 nitrogen and oxygen atoms in total. The third kappa shape index (κ3) is 8.67. The Balaban J connectivity index is 0.000000416. The van der Waals surface area contributed by atoms with Gasteiger partial charge in [-0.15, -0.1) is 0 Å². The van der Waals surface area contributed by atoms with Crippen LogP contribution in [0.4, 0.5) is 11.8 Å². The molecule has 6 N–H and O–H groups in total. The Morgan fingerprint density at radius 1 is 0.905 bits per heavy atom. The molecule has 1 aliphatic heterocycles. The summed E-state index contributed by atoms with van der Waals surface area (Å²) in [4.78, 5) is 51.3. The summed E-state index contributed by atoms with van der Waals surface area (Å²) < 4.78 is 0. The molecule has 1 aromatic carbocycles. The molecule has 0 radical (unpaired) electrons. The van der Waals surface area contributed by atoms with Gasteiger partial charge in [0.15, 0.2) is 12.2 Å². The van der Waals surface area contributed by atoms with Gasteiger partial charge in [0.2, 0.25) is 11.9 Å². The maximum Gasteiger partial charge on any atom is 0.335 e. The molecule has 0 saturated carbocycles. The Bertz CT molecular complexity index is 1350. The number of carboxylic acids is 2. The molecule has 0 aliphatic carbocycles. The third-order valence-electron chi connectivity index (χ3n) is 6.48. The van der Waals surface area contributed by atoms with Gasteiger partial charge in [0, 0.05) is 63.4 Å². The zero-order valence-corrected chi connectivity index (χ0v) is 23.4. The predicted molar refractivity (Wildman–Crippen MR) is 154 cm³/mol. The Hall–Kier alpha value is -4.66. The van der Waals surface area contributed by atoms with Gasteiger partial charge in [-0.3, -0.25) is 4.79 Å². The summed E-state index contributed by atoms with van der Waals surface area (Å²) in [5, 5.41) is 32.5. The van der Waals surface area contributed by atoms with Crippen molar-refractivity contribution in [2.24, 2.45) is 5.73 Å². The number of pyridine rings is 1. The van der Waals surface area contributed by atoms with E-state index in [4.69, 9.17) is 26.2 Å². The molecule has 2 aromatic heterocycles. The molecule has 1 amide bonds. The molecule has 14 heteroatoms. The number of aliphatic carboxylic acids is 2. The number of benzene rings is 1. The topological polar surface area (TPSA) is 207 Å². The SMILES string of the molecule is Cc1cccc(N2CCN(c3ncc(-c4cccc(CN(C)C(=O)CN)c4)cn3)CC2)n1.O=C(O)[C@H](O)[C@@H](O)C(=O)O. The van der Waals surface area contributed by atoms with E-state index in [-0.39, 0.29) is 12.5 Å². The van der Waals surface area contributed by atoms with Crippen LogP contribution in [0.25, 0.3) is 11.1 Å². The van der Waals surface area contributed by atoms with Gasteiger partial charge >= 0.3 is 11.9 Å². The molecule has 0 unspecified atom stereocenters. The molecule has 4 rings (SSSR count). The molecule has 3 aromatic rings. The highest BCUT2D eigenvalue weighted by molar-refractivity contribution is 5.83. The second kappa shape index (κ2) is 14.8. The highest BCUT2D eigenvalue weighted by Crippen LogP contribution is 2.22. The largest absolute Gasteiger partial charge is 0.479 e. The molecule has 0 spiro atoms. The van der Waals surface area contributed by atoms with Gasteiger partial charge in [-0.05, 0) is 36.2 Å². The highest BCUT2D eigenvalue weighted by atomic mass is 16.4. The van der Waals surface area contributed by atoms with Crippen LogP contribution in [0.15, 0.2) is 54.9 Å². The number of carbonyl (C=O) groups excluding carboxylic acids is 1. The average molecular weight is 582 g/mol. The number of piperazine rings is 1. The van der Waals surface area contributed by atoms with Crippen molar-refractivity contribution >= 4 is 29.6 Å². The van der Waals surface area contributed by atoms with Gasteiger partial charge in [0.1, 0.15) is 5.82 Å². The second-order valence-corrected chi connectivity index (χ2v) is 9.60. The maximum atomic E-state index is 11.7. The fourth-order valence-electron chi connectivity index (χ4n) is 4.11. The van der Waals surface area contributed by atoms with Crippen LogP contribution in [-0.2, 0) is 20.9 Å². The van der Waals surface area contributed by atoms with Crippen LogP contribution >= 0.6 is 0 Å². The number of carboxylic acid groups (broad SMARTS) is 2. The Labute approximate surface area is 242 Å². The fraction of sp³-hybridized carbons (Fsp3) is 0.357. The molecule has 2 atom stereocenters. The number of rotatable bonds is 9. The minimum atomic E-state index is -2.27. The van der Waals surface area contributed by atoms with E-state index in [1.807, 2.05) is 43.6 Å². The number of aryl methyl sites for hydroxylation is 1. The number of aromatic nitrogens is 3. The lowest BCUT2D eigenvalue weighted by Gasteiger charge is -2.35. The Morgan fingerprint density at radius 2 is 1.48 bits per heavy atom. The van der Waals surface area contributed by atoms with Gasteiger partial charge in [0.05, 0.1) is 6.54 Å². The summed E-state index contributed by atoms with van der Waals surface area (Å²) in [5.74, 6) is -1.85.